The molecule has 2 aliphatic rings. The van der Waals surface area contributed by atoms with Gasteiger partial charge in [0.15, 0.2) is 0 Å². The van der Waals surface area contributed by atoms with Crippen molar-refractivity contribution < 1.29 is 0 Å². The minimum Gasteiger partial charge on any atom is -0.311 e. The average Bonchev–Trinajstić information content (AvgIpc) is 2.65. The Balaban J connectivity index is 1.73. The van der Waals surface area contributed by atoms with Gasteiger partial charge in [-0.2, -0.15) is 0 Å². The molecule has 1 nitrogen and oxygen atoms in total. The quantitative estimate of drug-likeness (QED) is 0.747. The van der Waals surface area contributed by atoms with Crippen molar-refractivity contribution >= 4 is 0 Å². The van der Waals surface area contributed by atoms with Crippen molar-refractivity contribution in [2.45, 2.75) is 77.3 Å². The summed E-state index contributed by atoms with van der Waals surface area (Å²) in [6, 6.07) is 1.59. The molecule has 0 aromatic heterocycles. The molecular formula is C14H27N. The van der Waals surface area contributed by atoms with E-state index in [1.54, 1.807) is 0 Å². The lowest BCUT2D eigenvalue weighted by Crippen LogP contribution is -2.40. The van der Waals surface area contributed by atoms with Crippen LogP contribution in [0.4, 0.5) is 0 Å². The fourth-order valence-corrected chi connectivity index (χ4v) is 3.50. The van der Waals surface area contributed by atoms with Crippen LogP contribution in [-0.4, -0.2) is 12.1 Å². The number of hydrogen-bond acceptors (Lipinski definition) is 1. The number of hydrogen-bond donors (Lipinski definition) is 1. The van der Waals surface area contributed by atoms with Gasteiger partial charge >= 0.3 is 0 Å². The molecule has 3 atom stereocenters. The maximum atomic E-state index is 3.88. The fraction of sp³-hybridized carbons (Fsp3) is 1.00. The second kappa shape index (κ2) is 5.34. The lowest BCUT2D eigenvalue weighted by Gasteiger charge is -2.30. The summed E-state index contributed by atoms with van der Waals surface area (Å²) in [5.74, 6) is 1.93. The molecule has 2 aliphatic carbocycles. The summed E-state index contributed by atoms with van der Waals surface area (Å²) in [7, 11) is 0. The van der Waals surface area contributed by atoms with E-state index in [9.17, 15) is 0 Å². The van der Waals surface area contributed by atoms with E-state index in [1.807, 2.05) is 0 Å². The first-order chi connectivity index (χ1) is 7.25. The van der Waals surface area contributed by atoms with E-state index in [0.29, 0.717) is 0 Å². The summed E-state index contributed by atoms with van der Waals surface area (Å²) >= 11 is 0. The van der Waals surface area contributed by atoms with Crippen molar-refractivity contribution in [3.05, 3.63) is 0 Å². The highest BCUT2D eigenvalue weighted by Crippen LogP contribution is 2.29. The zero-order chi connectivity index (χ0) is 10.7. The van der Waals surface area contributed by atoms with E-state index < -0.39 is 0 Å². The van der Waals surface area contributed by atoms with Crippen LogP contribution in [0.25, 0.3) is 0 Å². The lowest BCUT2D eigenvalue weighted by atomic mass is 9.84. The number of rotatable bonds is 3. The second-order valence-electron chi connectivity index (χ2n) is 5.97. The van der Waals surface area contributed by atoms with Crippen LogP contribution in [0.2, 0.25) is 0 Å². The van der Waals surface area contributed by atoms with Crippen LogP contribution in [0.1, 0.15) is 65.2 Å². The third-order valence-corrected chi connectivity index (χ3v) is 4.55. The van der Waals surface area contributed by atoms with Gasteiger partial charge in [-0.15, -0.1) is 0 Å². The Kier molecular flexibility index (Phi) is 4.07. The van der Waals surface area contributed by atoms with Crippen molar-refractivity contribution in [1.82, 2.24) is 5.32 Å². The van der Waals surface area contributed by atoms with Crippen LogP contribution in [0.15, 0.2) is 0 Å². The molecule has 0 radical (unpaired) electrons. The minimum absolute atomic E-state index is 0.764. The Hall–Kier alpha value is -0.0400. The minimum atomic E-state index is 0.764. The van der Waals surface area contributed by atoms with E-state index in [-0.39, 0.29) is 0 Å². The van der Waals surface area contributed by atoms with E-state index in [2.05, 4.69) is 19.2 Å². The van der Waals surface area contributed by atoms with Crippen molar-refractivity contribution in [2.24, 2.45) is 11.8 Å². The van der Waals surface area contributed by atoms with E-state index in [0.717, 1.165) is 23.9 Å². The SMILES string of the molecule is CC1CCC(N[C@@H](C)C2CCCCC2)C1. The average molecular weight is 209 g/mol. The Morgan fingerprint density at radius 2 is 1.73 bits per heavy atom. The normalized spacial score (nSPS) is 35.6. The summed E-state index contributed by atoms with van der Waals surface area (Å²) in [6.45, 7) is 4.81. The molecule has 0 heterocycles. The molecule has 0 aromatic carbocycles. The van der Waals surface area contributed by atoms with Gasteiger partial charge in [-0.1, -0.05) is 26.2 Å². The maximum Gasteiger partial charge on any atom is 0.00722 e. The van der Waals surface area contributed by atoms with Crippen LogP contribution in [0.5, 0.6) is 0 Å². The Morgan fingerprint density at radius 3 is 2.33 bits per heavy atom. The van der Waals surface area contributed by atoms with Gasteiger partial charge in [-0.3, -0.25) is 0 Å². The highest BCUT2D eigenvalue weighted by atomic mass is 15.0. The van der Waals surface area contributed by atoms with Crippen molar-refractivity contribution in [3.8, 4) is 0 Å². The first-order valence-corrected chi connectivity index (χ1v) is 7.01. The third-order valence-electron chi connectivity index (χ3n) is 4.55. The van der Waals surface area contributed by atoms with Crippen molar-refractivity contribution in [1.29, 1.82) is 0 Å². The van der Waals surface area contributed by atoms with E-state index >= 15 is 0 Å². The second-order valence-corrected chi connectivity index (χ2v) is 5.97. The highest BCUT2D eigenvalue weighted by Gasteiger charge is 2.26. The zero-order valence-corrected chi connectivity index (χ0v) is 10.5. The molecule has 2 fully saturated rings. The first kappa shape index (κ1) is 11.4. The molecule has 0 aliphatic heterocycles. The first-order valence-electron chi connectivity index (χ1n) is 7.01. The fourth-order valence-electron chi connectivity index (χ4n) is 3.50. The molecule has 2 unspecified atom stereocenters. The molecule has 0 saturated heterocycles. The summed E-state index contributed by atoms with van der Waals surface area (Å²) < 4.78 is 0. The summed E-state index contributed by atoms with van der Waals surface area (Å²) in [5, 5.41) is 3.88. The zero-order valence-electron chi connectivity index (χ0n) is 10.5. The maximum absolute atomic E-state index is 3.88. The predicted molar refractivity (Wildman–Crippen MR) is 66.0 cm³/mol. The van der Waals surface area contributed by atoms with Crippen LogP contribution in [0.3, 0.4) is 0 Å². The Morgan fingerprint density at radius 1 is 1.00 bits per heavy atom. The number of nitrogens with one attached hydrogen (secondary N) is 1. The molecular weight excluding hydrogens is 182 g/mol. The van der Waals surface area contributed by atoms with Gasteiger partial charge < -0.3 is 5.32 Å². The molecule has 0 amide bonds. The largest absolute Gasteiger partial charge is 0.311 e. The highest BCUT2D eigenvalue weighted by molar-refractivity contribution is 4.84. The molecule has 1 N–H and O–H groups in total. The van der Waals surface area contributed by atoms with Gasteiger partial charge in [-0.05, 0) is 50.9 Å². The molecule has 2 rings (SSSR count). The summed E-state index contributed by atoms with van der Waals surface area (Å²) in [5.41, 5.74) is 0. The standard InChI is InChI=1S/C14H27N/c1-11-8-9-14(10-11)15-12(2)13-6-4-3-5-7-13/h11-15H,3-10H2,1-2H3/t11?,12-,14?/m0/s1. The predicted octanol–water partition coefficient (Wildman–Crippen LogP) is 3.73. The van der Waals surface area contributed by atoms with Crippen LogP contribution < -0.4 is 5.32 Å². The van der Waals surface area contributed by atoms with Crippen LogP contribution in [0, 0.1) is 11.8 Å². The van der Waals surface area contributed by atoms with E-state index in [4.69, 9.17) is 0 Å². The van der Waals surface area contributed by atoms with Gasteiger partial charge in [-0.25, -0.2) is 0 Å². The molecule has 2 saturated carbocycles. The van der Waals surface area contributed by atoms with Gasteiger partial charge in [0.25, 0.3) is 0 Å². The molecule has 0 bridgehead atoms. The smallest absolute Gasteiger partial charge is 0.00722 e. The molecule has 0 aromatic rings. The summed E-state index contributed by atoms with van der Waals surface area (Å²) in [6.07, 6.45) is 11.6. The topological polar surface area (TPSA) is 12.0 Å². The molecule has 15 heavy (non-hydrogen) atoms. The lowest BCUT2D eigenvalue weighted by molar-refractivity contribution is 0.263. The van der Waals surface area contributed by atoms with Crippen molar-refractivity contribution in [3.63, 3.8) is 0 Å². The Labute approximate surface area is 95.0 Å². The summed E-state index contributed by atoms with van der Waals surface area (Å²) in [4.78, 5) is 0. The molecule has 0 spiro atoms. The van der Waals surface area contributed by atoms with Crippen LogP contribution in [-0.2, 0) is 0 Å². The van der Waals surface area contributed by atoms with Crippen molar-refractivity contribution in [2.75, 3.05) is 0 Å². The van der Waals surface area contributed by atoms with Crippen LogP contribution >= 0.6 is 0 Å². The third kappa shape index (κ3) is 3.21. The Bertz CT molecular complexity index is 184. The molecule has 88 valence electrons. The van der Waals surface area contributed by atoms with Gasteiger partial charge in [0, 0.05) is 12.1 Å². The monoisotopic (exact) mass is 209 g/mol. The van der Waals surface area contributed by atoms with Gasteiger partial charge in [0.1, 0.15) is 0 Å². The molecule has 1 heteroatoms. The van der Waals surface area contributed by atoms with E-state index in [1.165, 1.54) is 51.4 Å². The van der Waals surface area contributed by atoms with Gasteiger partial charge in [0.05, 0.1) is 0 Å². The van der Waals surface area contributed by atoms with Gasteiger partial charge in [0.2, 0.25) is 0 Å².